The number of hydrogen-bond acceptors (Lipinski definition) is 5. The Balaban J connectivity index is 2.25. The van der Waals surface area contributed by atoms with Crippen LogP contribution in [0.4, 0.5) is 24.5 Å². The number of alkyl halides is 3. The Morgan fingerprint density at radius 1 is 0.971 bits per heavy atom. The van der Waals surface area contributed by atoms with E-state index in [1.165, 1.54) is 18.2 Å². The monoisotopic (exact) mass is 482 g/mol. The van der Waals surface area contributed by atoms with E-state index in [2.05, 4.69) is 10.6 Å². The van der Waals surface area contributed by atoms with Crippen LogP contribution in [0.3, 0.4) is 0 Å². The van der Waals surface area contributed by atoms with Crippen molar-refractivity contribution in [3.63, 3.8) is 0 Å². The van der Waals surface area contributed by atoms with Gasteiger partial charge in [0.1, 0.15) is 0 Å². The lowest BCUT2D eigenvalue weighted by atomic mass is 10.1. The van der Waals surface area contributed by atoms with Crippen LogP contribution in [0.1, 0.15) is 41.3 Å². The van der Waals surface area contributed by atoms with Gasteiger partial charge in [-0.2, -0.15) is 13.2 Å². The summed E-state index contributed by atoms with van der Waals surface area (Å²) in [5.41, 5.74) is -0.292. The number of carboxylic acid groups (broad SMARTS) is 2. The van der Waals surface area contributed by atoms with Crippen LogP contribution in [0.25, 0.3) is 0 Å². The predicted molar refractivity (Wildman–Crippen MR) is 113 cm³/mol. The molecule has 34 heavy (non-hydrogen) atoms. The van der Waals surface area contributed by atoms with Crippen molar-refractivity contribution in [3.05, 3.63) is 59.2 Å². The van der Waals surface area contributed by atoms with Crippen LogP contribution in [-0.4, -0.2) is 40.1 Å². The van der Waals surface area contributed by atoms with E-state index < -0.39 is 42.1 Å². The molecule has 182 valence electrons. The van der Waals surface area contributed by atoms with Gasteiger partial charge in [-0.25, -0.2) is 4.79 Å². The van der Waals surface area contributed by atoms with Gasteiger partial charge >= 0.3 is 18.1 Å². The van der Waals surface area contributed by atoms with Crippen molar-refractivity contribution in [2.75, 3.05) is 10.6 Å². The van der Waals surface area contributed by atoms with Gasteiger partial charge in [-0.15, -0.1) is 0 Å². The highest BCUT2D eigenvalue weighted by atomic mass is 19.4. The molecule has 0 aromatic heterocycles. The third-order valence-electron chi connectivity index (χ3n) is 4.42. The van der Waals surface area contributed by atoms with Crippen LogP contribution in [0.15, 0.2) is 42.5 Å². The Bertz CT molecular complexity index is 1070. The number of ether oxygens (including phenoxy) is 1. The first kappa shape index (κ1) is 26.3. The third kappa shape index (κ3) is 7.89. The van der Waals surface area contributed by atoms with Gasteiger partial charge in [0.2, 0.25) is 5.91 Å². The number of carbonyl (C=O) groups is 4. The zero-order chi connectivity index (χ0) is 25.5. The van der Waals surface area contributed by atoms with Crippen LogP contribution in [0, 0.1) is 0 Å². The normalized spacial score (nSPS) is 12.0. The molecule has 0 aliphatic rings. The van der Waals surface area contributed by atoms with E-state index in [1.54, 1.807) is 6.92 Å². The number of carbonyl (C=O) groups excluding carboxylic acids is 2. The lowest BCUT2D eigenvalue weighted by molar-refractivity contribution is -0.157. The summed E-state index contributed by atoms with van der Waals surface area (Å²) in [5.74, 6) is -3.93. The predicted octanol–water partition coefficient (Wildman–Crippen LogP) is 3.75. The molecule has 0 bridgehead atoms. The lowest BCUT2D eigenvalue weighted by Gasteiger charge is -2.15. The van der Waals surface area contributed by atoms with Crippen LogP contribution in [0.2, 0.25) is 0 Å². The largest absolute Gasteiger partial charge is 0.481 e. The highest BCUT2D eigenvalue weighted by Crippen LogP contribution is 2.29. The zero-order valence-corrected chi connectivity index (χ0v) is 17.8. The van der Waals surface area contributed by atoms with Crippen LogP contribution >= 0.6 is 0 Å². The van der Waals surface area contributed by atoms with Crippen LogP contribution in [0.5, 0.6) is 0 Å². The molecule has 0 unspecified atom stereocenters. The van der Waals surface area contributed by atoms with E-state index in [0.29, 0.717) is 5.56 Å². The number of halogens is 3. The molecule has 0 radical (unpaired) electrons. The number of hydrogen-bond donors (Lipinski definition) is 4. The van der Waals surface area contributed by atoms with Crippen molar-refractivity contribution in [2.45, 2.75) is 38.7 Å². The summed E-state index contributed by atoms with van der Waals surface area (Å²) in [6.45, 7) is 1.25. The number of anilines is 2. The van der Waals surface area contributed by atoms with Crippen molar-refractivity contribution in [1.82, 2.24) is 0 Å². The number of rotatable bonds is 10. The van der Waals surface area contributed by atoms with Gasteiger partial charge in [-0.05, 0) is 48.0 Å². The highest BCUT2D eigenvalue weighted by Gasteiger charge is 2.30. The summed E-state index contributed by atoms with van der Waals surface area (Å²) in [4.78, 5) is 46.3. The van der Waals surface area contributed by atoms with Crippen molar-refractivity contribution in [1.29, 1.82) is 0 Å². The molecule has 1 atom stereocenters. The van der Waals surface area contributed by atoms with E-state index >= 15 is 0 Å². The van der Waals surface area contributed by atoms with Gasteiger partial charge in [0.05, 0.1) is 18.6 Å². The number of benzene rings is 2. The first-order chi connectivity index (χ1) is 15.9. The standard InChI is InChI=1S/C22H21F3N2O7/c1-2-18(28)26-15-7-12(11-34-17(21(32)33)10-19(29)30)8-16(9-15)27-20(31)13-3-5-14(6-4-13)22(23,24)25/h3-9,17H,2,10-11H2,1H3,(H,26,28)(H,27,31)(H,29,30)(H,32,33)/t17-/m0/s1. The summed E-state index contributed by atoms with van der Waals surface area (Å²) in [6, 6.07) is 7.78. The molecule has 2 aromatic carbocycles. The minimum absolute atomic E-state index is 0.0544. The molecule has 0 fully saturated rings. The van der Waals surface area contributed by atoms with Crippen molar-refractivity contribution < 1.29 is 47.3 Å². The molecule has 0 saturated carbocycles. The Morgan fingerprint density at radius 3 is 2.06 bits per heavy atom. The number of aliphatic carboxylic acids is 2. The fourth-order valence-corrected chi connectivity index (χ4v) is 2.76. The fraction of sp³-hybridized carbons (Fsp3) is 0.273. The first-order valence-corrected chi connectivity index (χ1v) is 9.87. The van der Waals surface area contributed by atoms with Crippen LogP contribution in [-0.2, 0) is 31.9 Å². The molecule has 2 aromatic rings. The maximum Gasteiger partial charge on any atom is 0.416 e. The molecular weight excluding hydrogens is 461 g/mol. The van der Waals surface area contributed by atoms with Gasteiger partial charge in [-0.3, -0.25) is 14.4 Å². The topological polar surface area (TPSA) is 142 Å². The van der Waals surface area contributed by atoms with Crippen LogP contribution < -0.4 is 10.6 Å². The fourth-order valence-electron chi connectivity index (χ4n) is 2.76. The molecule has 12 heteroatoms. The van der Waals surface area contributed by atoms with E-state index in [9.17, 15) is 32.3 Å². The number of amides is 2. The Hall–Kier alpha value is -3.93. The number of nitrogens with one attached hydrogen (secondary N) is 2. The van der Waals surface area contributed by atoms with Gasteiger partial charge in [0.25, 0.3) is 5.91 Å². The van der Waals surface area contributed by atoms with Crippen molar-refractivity contribution >= 4 is 35.1 Å². The molecule has 0 spiro atoms. The molecule has 9 nitrogen and oxygen atoms in total. The molecule has 0 heterocycles. The molecule has 0 saturated heterocycles. The SMILES string of the molecule is CCC(=O)Nc1cc(CO[C@@H](CC(=O)O)C(=O)O)cc(NC(=O)c2ccc(C(F)(F)F)cc2)c1. The summed E-state index contributed by atoms with van der Waals surface area (Å²) in [7, 11) is 0. The van der Waals surface area contributed by atoms with Gasteiger partial charge in [-0.1, -0.05) is 6.92 Å². The molecule has 4 N–H and O–H groups in total. The summed E-state index contributed by atoms with van der Waals surface area (Å²) < 4.78 is 43.3. The smallest absolute Gasteiger partial charge is 0.416 e. The second-order valence-corrected chi connectivity index (χ2v) is 7.09. The lowest BCUT2D eigenvalue weighted by Crippen LogP contribution is -2.26. The van der Waals surface area contributed by atoms with Gasteiger partial charge in [0, 0.05) is 23.4 Å². The van der Waals surface area contributed by atoms with Gasteiger partial charge in [0.15, 0.2) is 6.10 Å². The highest BCUT2D eigenvalue weighted by molar-refractivity contribution is 6.04. The van der Waals surface area contributed by atoms with Crippen molar-refractivity contribution in [2.24, 2.45) is 0 Å². The summed E-state index contributed by atoms with van der Waals surface area (Å²) in [6.07, 6.45) is -6.81. The van der Waals surface area contributed by atoms with E-state index in [-0.39, 0.29) is 35.9 Å². The zero-order valence-electron chi connectivity index (χ0n) is 17.8. The van der Waals surface area contributed by atoms with E-state index in [1.807, 2.05) is 0 Å². The maximum atomic E-state index is 12.7. The van der Waals surface area contributed by atoms with Crippen molar-refractivity contribution in [3.8, 4) is 0 Å². The Labute approximate surface area is 191 Å². The third-order valence-corrected chi connectivity index (χ3v) is 4.42. The van der Waals surface area contributed by atoms with E-state index in [0.717, 1.165) is 24.3 Å². The average molecular weight is 482 g/mol. The second kappa shape index (κ2) is 11.3. The molecular formula is C22H21F3N2O7. The Kier molecular flexibility index (Phi) is 8.73. The molecule has 0 aliphatic carbocycles. The summed E-state index contributed by atoms with van der Waals surface area (Å²) >= 11 is 0. The quantitative estimate of drug-likeness (QED) is 0.404. The maximum absolute atomic E-state index is 12.7. The molecule has 2 rings (SSSR count). The first-order valence-electron chi connectivity index (χ1n) is 9.87. The second-order valence-electron chi connectivity index (χ2n) is 7.09. The minimum atomic E-state index is -4.55. The number of carboxylic acids is 2. The minimum Gasteiger partial charge on any atom is -0.481 e. The van der Waals surface area contributed by atoms with Gasteiger partial charge < -0.3 is 25.6 Å². The Morgan fingerprint density at radius 2 is 1.56 bits per heavy atom. The molecule has 0 aliphatic heterocycles. The van der Waals surface area contributed by atoms with E-state index in [4.69, 9.17) is 14.9 Å². The average Bonchev–Trinajstić information content (AvgIpc) is 2.75. The summed E-state index contributed by atoms with van der Waals surface area (Å²) in [5, 5.41) is 23.0. The molecule has 2 amide bonds.